The quantitative estimate of drug-likeness (QED) is 0.797. The first-order valence-electron chi connectivity index (χ1n) is 8.66. The maximum absolute atomic E-state index is 12.3. The highest BCUT2D eigenvalue weighted by atomic mass is 35.5. The molecule has 1 fully saturated rings. The van der Waals surface area contributed by atoms with Crippen LogP contribution in [0.2, 0.25) is 5.02 Å². The first-order chi connectivity index (χ1) is 12.6. The summed E-state index contributed by atoms with van der Waals surface area (Å²) >= 11 is 5.81. The van der Waals surface area contributed by atoms with Gasteiger partial charge in [0.15, 0.2) is 0 Å². The van der Waals surface area contributed by atoms with Gasteiger partial charge in [-0.2, -0.15) is 0 Å². The molecule has 0 bridgehead atoms. The Hall–Kier alpha value is -2.44. The second-order valence-corrected chi connectivity index (χ2v) is 6.79. The van der Waals surface area contributed by atoms with Crippen LogP contribution in [-0.2, 0) is 11.3 Å². The Morgan fingerprint density at radius 3 is 2.38 bits per heavy atom. The zero-order valence-corrected chi connectivity index (χ0v) is 15.2. The van der Waals surface area contributed by atoms with Gasteiger partial charge in [0.25, 0.3) is 5.91 Å². The SMILES string of the molecule is O=C(NCC(=O)N1CC[NH+](Cc2ccncc2)CC1)c1ccc(Cl)cc1. The Kier molecular flexibility index (Phi) is 6.20. The molecular weight excluding hydrogens is 352 g/mol. The number of nitrogens with zero attached hydrogens (tertiary/aromatic N) is 2. The highest BCUT2D eigenvalue weighted by Gasteiger charge is 2.23. The first kappa shape index (κ1) is 18.4. The molecule has 0 spiro atoms. The number of carbonyl (C=O) groups excluding carboxylic acids is 2. The molecular formula is C19H22ClN4O2+. The summed E-state index contributed by atoms with van der Waals surface area (Å²) in [5, 5.41) is 3.25. The number of benzene rings is 1. The number of aromatic nitrogens is 1. The second kappa shape index (κ2) is 8.78. The van der Waals surface area contributed by atoms with Crippen LogP contribution in [0.1, 0.15) is 15.9 Å². The molecule has 0 unspecified atom stereocenters. The van der Waals surface area contributed by atoms with E-state index in [1.54, 1.807) is 36.7 Å². The summed E-state index contributed by atoms with van der Waals surface area (Å²) in [6.07, 6.45) is 3.61. The van der Waals surface area contributed by atoms with E-state index in [4.69, 9.17) is 11.6 Å². The van der Waals surface area contributed by atoms with Gasteiger partial charge in [-0.1, -0.05) is 11.6 Å². The fourth-order valence-electron chi connectivity index (χ4n) is 3.01. The van der Waals surface area contributed by atoms with Crippen molar-refractivity contribution in [1.29, 1.82) is 0 Å². The molecule has 7 heteroatoms. The number of nitrogens with one attached hydrogen (secondary N) is 2. The number of hydrogen-bond acceptors (Lipinski definition) is 3. The maximum Gasteiger partial charge on any atom is 0.251 e. The van der Waals surface area contributed by atoms with E-state index < -0.39 is 0 Å². The van der Waals surface area contributed by atoms with Crippen LogP contribution in [0.4, 0.5) is 0 Å². The highest BCUT2D eigenvalue weighted by molar-refractivity contribution is 6.30. The Balaban J connectivity index is 1.42. The van der Waals surface area contributed by atoms with Gasteiger partial charge < -0.3 is 15.1 Å². The number of piperazine rings is 1. The number of carbonyl (C=O) groups is 2. The summed E-state index contributed by atoms with van der Waals surface area (Å²) in [4.78, 5) is 31.7. The van der Waals surface area contributed by atoms with E-state index in [0.717, 1.165) is 19.6 Å². The Bertz CT molecular complexity index is 744. The van der Waals surface area contributed by atoms with Crippen LogP contribution in [-0.4, -0.2) is 54.4 Å². The molecule has 1 aliphatic heterocycles. The van der Waals surface area contributed by atoms with Crippen LogP contribution in [0.3, 0.4) is 0 Å². The predicted molar refractivity (Wildman–Crippen MR) is 99.0 cm³/mol. The van der Waals surface area contributed by atoms with Crippen LogP contribution >= 0.6 is 11.6 Å². The molecule has 2 N–H and O–H groups in total. The van der Waals surface area contributed by atoms with E-state index >= 15 is 0 Å². The molecule has 1 aliphatic rings. The average molecular weight is 374 g/mol. The maximum atomic E-state index is 12.3. The third-order valence-corrected chi connectivity index (χ3v) is 4.79. The molecule has 1 aromatic heterocycles. The second-order valence-electron chi connectivity index (χ2n) is 6.35. The van der Waals surface area contributed by atoms with E-state index in [-0.39, 0.29) is 18.4 Å². The van der Waals surface area contributed by atoms with Gasteiger partial charge in [-0.15, -0.1) is 0 Å². The third kappa shape index (κ3) is 5.03. The fraction of sp³-hybridized carbons (Fsp3) is 0.316. The Morgan fingerprint density at radius 1 is 1.08 bits per heavy atom. The third-order valence-electron chi connectivity index (χ3n) is 4.53. The molecule has 0 radical (unpaired) electrons. The number of rotatable bonds is 5. The highest BCUT2D eigenvalue weighted by Crippen LogP contribution is 2.09. The smallest absolute Gasteiger partial charge is 0.251 e. The molecule has 0 atom stereocenters. The molecule has 6 nitrogen and oxygen atoms in total. The van der Waals surface area contributed by atoms with Gasteiger partial charge in [0.1, 0.15) is 6.54 Å². The van der Waals surface area contributed by atoms with Gasteiger partial charge in [0.2, 0.25) is 5.91 Å². The monoisotopic (exact) mass is 373 g/mol. The molecule has 26 heavy (non-hydrogen) atoms. The first-order valence-corrected chi connectivity index (χ1v) is 9.03. The van der Waals surface area contributed by atoms with Gasteiger partial charge in [-0.3, -0.25) is 14.6 Å². The predicted octanol–water partition coefficient (Wildman–Crippen LogP) is 0.392. The Morgan fingerprint density at radius 2 is 1.73 bits per heavy atom. The van der Waals surface area contributed by atoms with Crippen LogP contribution < -0.4 is 10.2 Å². The number of pyridine rings is 1. The van der Waals surface area contributed by atoms with E-state index in [1.807, 2.05) is 17.0 Å². The van der Waals surface area contributed by atoms with Gasteiger partial charge in [-0.25, -0.2) is 0 Å². The lowest BCUT2D eigenvalue weighted by Gasteiger charge is -2.32. The van der Waals surface area contributed by atoms with Gasteiger partial charge >= 0.3 is 0 Å². The van der Waals surface area contributed by atoms with E-state index in [2.05, 4.69) is 10.3 Å². The van der Waals surface area contributed by atoms with Crippen LogP contribution in [0.15, 0.2) is 48.8 Å². The Labute approximate surface area is 157 Å². The molecule has 1 aromatic carbocycles. The zero-order valence-electron chi connectivity index (χ0n) is 14.5. The van der Waals surface area contributed by atoms with E-state index in [9.17, 15) is 9.59 Å². The van der Waals surface area contributed by atoms with E-state index in [1.165, 1.54) is 10.5 Å². The fourth-order valence-corrected chi connectivity index (χ4v) is 3.14. The number of quaternary nitrogens is 1. The summed E-state index contributed by atoms with van der Waals surface area (Å²) in [5.41, 5.74) is 1.75. The lowest BCUT2D eigenvalue weighted by Crippen LogP contribution is -3.13. The molecule has 136 valence electrons. The minimum absolute atomic E-state index is 0.0150. The van der Waals surface area contributed by atoms with Gasteiger partial charge in [-0.05, 0) is 36.4 Å². The van der Waals surface area contributed by atoms with Crippen molar-refractivity contribution in [2.75, 3.05) is 32.7 Å². The number of hydrogen-bond donors (Lipinski definition) is 2. The van der Waals surface area contributed by atoms with Crippen molar-refractivity contribution in [3.05, 3.63) is 64.9 Å². The molecule has 2 aromatic rings. The van der Waals surface area contributed by atoms with Crippen LogP contribution in [0, 0.1) is 0 Å². The molecule has 2 amide bonds. The molecule has 1 saturated heterocycles. The molecule has 3 rings (SSSR count). The summed E-state index contributed by atoms with van der Waals surface area (Å²) in [5.74, 6) is -0.313. The van der Waals surface area contributed by atoms with Gasteiger partial charge in [0.05, 0.1) is 32.7 Å². The van der Waals surface area contributed by atoms with Crippen LogP contribution in [0.25, 0.3) is 0 Å². The van der Waals surface area contributed by atoms with Crippen molar-refractivity contribution in [2.45, 2.75) is 6.54 Å². The topological polar surface area (TPSA) is 66.7 Å². The summed E-state index contributed by atoms with van der Waals surface area (Å²) in [6.45, 7) is 4.17. The summed E-state index contributed by atoms with van der Waals surface area (Å²) in [6, 6.07) is 10.6. The average Bonchev–Trinajstić information content (AvgIpc) is 2.68. The lowest BCUT2D eigenvalue weighted by molar-refractivity contribution is -0.917. The lowest BCUT2D eigenvalue weighted by atomic mass is 10.2. The minimum Gasteiger partial charge on any atom is -0.343 e. The molecule has 0 saturated carbocycles. The van der Waals surface area contributed by atoms with E-state index in [0.29, 0.717) is 23.7 Å². The molecule has 0 aliphatic carbocycles. The largest absolute Gasteiger partial charge is 0.343 e. The minimum atomic E-state index is -0.267. The number of amides is 2. The standard InChI is InChI=1S/C19H21ClN4O2/c20-17-3-1-16(2-4-17)19(26)22-13-18(25)24-11-9-23(10-12-24)14-15-5-7-21-8-6-15/h1-8H,9-14H2,(H,22,26)/p+1. The van der Waals surface area contributed by atoms with Crippen molar-refractivity contribution in [2.24, 2.45) is 0 Å². The van der Waals surface area contributed by atoms with Crippen molar-refractivity contribution in [3.8, 4) is 0 Å². The van der Waals surface area contributed by atoms with Crippen molar-refractivity contribution in [1.82, 2.24) is 15.2 Å². The van der Waals surface area contributed by atoms with Crippen molar-refractivity contribution >= 4 is 23.4 Å². The van der Waals surface area contributed by atoms with Gasteiger partial charge in [0, 0.05) is 28.5 Å². The van der Waals surface area contributed by atoms with Crippen molar-refractivity contribution < 1.29 is 14.5 Å². The summed E-state index contributed by atoms with van der Waals surface area (Å²) < 4.78 is 0. The number of halogens is 1. The van der Waals surface area contributed by atoms with Crippen molar-refractivity contribution in [3.63, 3.8) is 0 Å². The normalized spacial score (nSPS) is 14.9. The zero-order chi connectivity index (χ0) is 18.4. The summed E-state index contributed by atoms with van der Waals surface area (Å²) in [7, 11) is 0. The molecule has 2 heterocycles. The van der Waals surface area contributed by atoms with Crippen LogP contribution in [0.5, 0.6) is 0 Å².